The molecule has 3 aromatic rings. The van der Waals surface area contributed by atoms with Crippen molar-refractivity contribution < 1.29 is 0 Å². The Balaban J connectivity index is 1.76. The molecule has 4 rings (SSSR count). The summed E-state index contributed by atoms with van der Waals surface area (Å²) in [5.41, 5.74) is 3.51. The van der Waals surface area contributed by atoms with E-state index in [-0.39, 0.29) is 0 Å². The molecule has 0 radical (unpaired) electrons. The summed E-state index contributed by atoms with van der Waals surface area (Å²) in [7, 11) is 0. The summed E-state index contributed by atoms with van der Waals surface area (Å²) in [5, 5.41) is 8.68. The molecule has 0 amide bonds. The highest BCUT2D eigenvalue weighted by atomic mass is 79.9. The Morgan fingerprint density at radius 1 is 1.17 bits per heavy atom. The zero-order valence-corrected chi connectivity index (χ0v) is 14.5. The third-order valence-electron chi connectivity index (χ3n) is 3.92. The molecule has 0 bridgehead atoms. The number of hydrogen-bond donors (Lipinski definition) is 0. The Morgan fingerprint density at radius 3 is 2.78 bits per heavy atom. The van der Waals surface area contributed by atoms with E-state index in [2.05, 4.69) is 54.2 Å². The normalized spacial score (nSPS) is 13.9. The second kappa shape index (κ2) is 5.94. The number of anilines is 2. The lowest BCUT2D eigenvalue weighted by molar-refractivity contribution is 0.727. The minimum Gasteiger partial charge on any atom is -0.340 e. The predicted octanol–water partition coefficient (Wildman–Crippen LogP) is 4.16. The van der Waals surface area contributed by atoms with Crippen LogP contribution in [0, 0.1) is 0 Å². The first-order valence-electron chi connectivity index (χ1n) is 7.31. The highest BCUT2D eigenvalue weighted by molar-refractivity contribution is 9.10. The van der Waals surface area contributed by atoms with Gasteiger partial charge < -0.3 is 4.90 Å². The molecule has 3 heterocycles. The predicted molar refractivity (Wildman–Crippen MR) is 93.6 cm³/mol. The van der Waals surface area contributed by atoms with Gasteiger partial charge in [-0.15, -0.1) is 4.80 Å². The molecular weight excluding hydrogens is 378 g/mol. The summed E-state index contributed by atoms with van der Waals surface area (Å²) >= 11 is 10.0. The Morgan fingerprint density at radius 2 is 2.00 bits per heavy atom. The molecule has 0 spiro atoms. The van der Waals surface area contributed by atoms with Crippen LogP contribution in [0.2, 0.25) is 5.02 Å². The zero-order valence-electron chi connectivity index (χ0n) is 12.2. The van der Waals surface area contributed by atoms with Gasteiger partial charge in [-0.05, 0) is 36.6 Å². The van der Waals surface area contributed by atoms with Gasteiger partial charge in [0.1, 0.15) is 0 Å². The molecule has 0 aliphatic carbocycles. The van der Waals surface area contributed by atoms with Gasteiger partial charge in [0, 0.05) is 16.7 Å². The fourth-order valence-corrected chi connectivity index (χ4v) is 3.68. The number of fused-ring (bicyclic) bond motifs is 1. The van der Waals surface area contributed by atoms with E-state index in [9.17, 15) is 0 Å². The summed E-state index contributed by atoms with van der Waals surface area (Å²) in [5.74, 6) is 0.534. The van der Waals surface area contributed by atoms with E-state index in [1.54, 1.807) is 12.4 Å². The molecule has 2 aromatic heterocycles. The first-order chi connectivity index (χ1) is 11.2. The van der Waals surface area contributed by atoms with Crippen LogP contribution < -0.4 is 4.90 Å². The topological polar surface area (TPSA) is 46.8 Å². The van der Waals surface area contributed by atoms with E-state index in [1.807, 2.05) is 12.3 Å². The van der Waals surface area contributed by atoms with E-state index in [0.29, 0.717) is 10.8 Å². The van der Waals surface area contributed by atoms with E-state index in [1.165, 1.54) is 16.0 Å². The van der Waals surface area contributed by atoms with Crippen molar-refractivity contribution in [3.05, 3.63) is 57.9 Å². The third kappa shape index (κ3) is 2.62. The highest BCUT2D eigenvalue weighted by Crippen LogP contribution is 2.37. The van der Waals surface area contributed by atoms with E-state index in [4.69, 9.17) is 11.6 Å². The van der Waals surface area contributed by atoms with Crippen LogP contribution in [-0.2, 0) is 6.42 Å². The standard InChI is InChI=1S/C16H13BrClN5/c17-13-4-1-5-15-12(13)3-2-8-22(15)11-9-14(18)16(19-10-11)23-20-6-7-21-23/h1,4-7,9-10H,2-3,8H2. The van der Waals surface area contributed by atoms with Crippen LogP contribution in [0.4, 0.5) is 11.4 Å². The lowest BCUT2D eigenvalue weighted by atomic mass is 10.0. The number of rotatable bonds is 2. The van der Waals surface area contributed by atoms with Crippen LogP contribution in [-0.4, -0.2) is 26.5 Å². The Kier molecular flexibility index (Phi) is 3.79. The lowest BCUT2D eigenvalue weighted by Gasteiger charge is -2.31. The van der Waals surface area contributed by atoms with Crippen LogP contribution >= 0.6 is 27.5 Å². The van der Waals surface area contributed by atoms with Crippen molar-refractivity contribution in [3.63, 3.8) is 0 Å². The van der Waals surface area contributed by atoms with Crippen molar-refractivity contribution in [1.29, 1.82) is 0 Å². The molecule has 1 aliphatic rings. The number of hydrogen-bond acceptors (Lipinski definition) is 4. The minimum absolute atomic E-state index is 0.529. The van der Waals surface area contributed by atoms with Gasteiger partial charge in [-0.1, -0.05) is 33.6 Å². The second-order valence-corrected chi connectivity index (χ2v) is 6.57. The minimum atomic E-state index is 0.529. The smallest absolute Gasteiger partial charge is 0.193 e. The van der Waals surface area contributed by atoms with Crippen LogP contribution in [0.1, 0.15) is 12.0 Å². The lowest BCUT2D eigenvalue weighted by Crippen LogP contribution is -2.25. The molecule has 116 valence electrons. The summed E-state index contributed by atoms with van der Waals surface area (Å²) in [6, 6.07) is 8.19. The van der Waals surface area contributed by atoms with Crippen LogP contribution in [0.3, 0.4) is 0 Å². The van der Waals surface area contributed by atoms with Crippen LogP contribution in [0.5, 0.6) is 0 Å². The number of aromatic nitrogens is 4. The van der Waals surface area contributed by atoms with Gasteiger partial charge in [0.25, 0.3) is 0 Å². The molecular formula is C16H13BrClN5. The SMILES string of the molecule is Clc1cc(N2CCCc3c(Br)cccc32)cnc1-n1nccn1. The quantitative estimate of drug-likeness (QED) is 0.659. The van der Waals surface area contributed by atoms with Crippen molar-refractivity contribution in [2.24, 2.45) is 0 Å². The largest absolute Gasteiger partial charge is 0.340 e. The Bertz CT molecular complexity index is 850. The highest BCUT2D eigenvalue weighted by Gasteiger charge is 2.21. The van der Waals surface area contributed by atoms with Crippen molar-refractivity contribution in [1.82, 2.24) is 20.0 Å². The maximum absolute atomic E-state index is 6.40. The number of pyridine rings is 1. The molecule has 5 nitrogen and oxygen atoms in total. The van der Waals surface area contributed by atoms with Crippen molar-refractivity contribution >= 4 is 38.9 Å². The molecule has 0 unspecified atom stereocenters. The van der Waals surface area contributed by atoms with Gasteiger partial charge >= 0.3 is 0 Å². The zero-order chi connectivity index (χ0) is 15.8. The van der Waals surface area contributed by atoms with E-state index >= 15 is 0 Å². The number of nitrogens with zero attached hydrogens (tertiary/aromatic N) is 5. The maximum atomic E-state index is 6.40. The number of benzene rings is 1. The monoisotopic (exact) mass is 389 g/mol. The van der Waals surface area contributed by atoms with Crippen LogP contribution in [0.15, 0.2) is 47.3 Å². The molecule has 1 aliphatic heterocycles. The Labute approximate surface area is 147 Å². The summed E-state index contributed by atoms with van der Waals surface area (Å²) in [6.07, 6.45) is 7.19. The van der Waals surface area contributed by atoms with E-state index in [0.717, 1.165) is 29.5 Å². The van der Waals surface area contributed by atoms with Gasteiger partial charge in [-0.2, -0.15) is 10.2 Å². The summed E-state index contributed by atoms with van der Waals surface area (Å²) in [4.78, 5) is 8.12. The molecule has 23 heavy (non-hydrogen) atoms. The van der Waals surface area contributed by atoms with Crippen molar-refractivity contribution in [2.45, 2.75) is 12.8 Å². The van der Waals surface area contributed by atoms with Gasteiger partial charge in [-0.3, -0.25) is 0 Å². The third-order valence-corrected chi connectivity index (χ3v) is 4.94. The number of halogens is 2. The second-order valence-electron chi connectivity index (χ2n) is 5.31. The molecule has 0 fully saturated rings. The fourth-order valence-electron chi connectivity index (χ4n) is 2.89. The summed E-state index contributed by atoms with van der Waals surface area (Å²) in [6.45, 7) is 0.945. The first kappa shape index (κ1) is 14.7. The van der Waals surface area contributed by atoms with Gasteiger partial charge in [0.2, 0.25) is 0 Å². The van der Waals surface area contributed by atoms with Crippen LogP contribution in [0.25, 0.3) is 5.82 Å². The first-order valence-corrected chi connectivity index (χ1v) is 8.48. The molecule has 7 heteroatoms. The van der Waals surface area contributed by atoms with Gasteiger partial charge in [-0.25, -0.2) is 4.98 Å². The van der Waals surface area contributed by atoms with E-state index < -0.39 is 0 Å². The van der Waals surface area contributed by atoms with Crippen molar-refractivity contribution in [3.8, 4) is 5.82 Å². The fraction of sp³-hybridized carbons (Fsp3) is 0.188. The Hall–Kier alpha value is -1.92. The molecule has 0 atom stereocenters. The van der Waals surface area contributed by atoms with Crippen molar-refractivity contribution in [2.75, 3.05) is 11.4 Å². The molecule has 0 saturated carbocycles. The average Bonchev–Trinajstić information content (AvgIpc) is 3.09. The maximum Gasteiger partial charge on any atom is 0.193 e. The molecule has 0 N–H and O–H groups in total. The average molecular weight is 391 g/mol. The van der Waals surface area contributed by atoms with Gasteiger partial charge in [0.05, 0.1) is 29.3 Å². The molecule has 0 saturated heterocycles. The summed E-state index contributed by atoms with van der Waals surface area (Å²) < 4.78 is 1.15. The van der Waals surface area contributed by atoms with Gasteiger partial charge in [0.15, 0.2) is 5.82 Å². The molecule has 1 aromatic carbocycles.